The number of hydrogen-bond acceptors (Lipinski definition) is 8. The summed E-state index contributed by atoms with van der Waals surface area (Å²) >= 11 is 0. The summed E-state index contributed by atoms with van der Waals surface area (Å²) in [5, 5.41) is 18.2. The monoisotopic (exact) mass is 724 g/mol. The van der Waals surface area contributed by atoms with Gasteiger partial charge < -0.3 is 24.6 Å². The molecule has 0 saturated heterocycles. The van der Waals surface area contributed by atoms with E-state index in [9.17, 15) is 19.4 Å². The second kappa shape index (κ2) is 36.7. The minimum absolute atomic E-state index is 0.0278. The first-order valence-electron chi connectivity index (χ1n) is 18.9. The van der Waals surface area contributed by atoms with E-state index in [2.05, 4.69) is 86.8 Å². The van der Waals surface area contributed by atoms with Gasteiger partial charge in [-0.15, -0.1) is 0 Å². The Morgan fingerprint density at radius 2 is 1.14 bits per heavy atom. The van der Waals surface area contributed by atoms with Gasteiger partial charge in [0.1, 0.15) is 12.2 Å². The summed E-state index contributed by atoms with van der Waals surface area (Å²) in [4.78, 5) is 22.4. The fourth-order valence-corrected chi connectivity index (χ4v) is 5.32. The van der Waals surface area contributed by atoms with Crippen LogP contribution in [0.3, 0.4) is 0 Å². The highest BCUT2D eigenvalue weighted by atomic mass is 31.2. The van der Waals surface area contributed by atoms with Gasteiger partial charge in [0.15, 0.2) is 0 Å². The molecule has 0 aliphatic rings. The van der Waals surface area contributed by atoms with Crippen molar-refractivity contribution < 1.29 is 43.0 Å². The molecule has 3 N–H and O–H groups in total. The minimum atomic E-state index is -4.52. The zero-order valence-electron chi connectivity index (χ0n) is 31.1. The van der Waals surface area contributed by atoms with Crippen LogP contribution in [0.1, 0.15) is 129 Å². The Labute approximate surface area is 303 Å². The second-order valence-corrected chi connectivity index (χ2v) is 13.7. The summed E-state index contributed by atoms with van der Waals surface area (Å²) in [5.41, 5.74) is 0. The predicted octanol–water partition coefficient (Wildman–Crippen LogP) is 9.80. The van der Waals surface area contributed by atoms with E-state index < -0.39 is 45.8 Å². The number of ether oxygens (including phenoxy) is 2. The number of carbonyl (C=O) groups is 1. The van der Waals surface area contributed by atoms with Crippen molar-refractivity contribution in [2.24, 2.45) is 0 Å². The summed E-state index contributed by atoms with van der Waals surface area (Å²) in [6.45, 7) is 3.28. The lowest BCUT2D eigenvalue weighted by molar-refractivity contribution is -0.154. The van der Waals surface area contributed by atoms with Crippen molar-refractivity contribution in [3.05, 3.63) is 72.9 Å². The molecule has 0 fully saturated rings. The highest BCUT2D eigenvalue weighted by molar-refractivity contribution is 7.47. The third kappa shape index (κ3) is 35.7. The van der Waals surface area contributed by atoms with Crippen LogP contribution in [0, 0.1) is 0 Å². The van der Waals surface area contributed by atoms with E-state index in [1.165, 1.54) is 32.1 Å². The molecule has 0 saturated carbocycles. The highest BCUT2D eigenvalue weighted by Crippen LogP contribution is 2.43. The van der Waals surface area contributed by atoms with Crippen LogP contribution in [0.4, 0.5) is 0 Å². The van der Waals surface area contributed by atoms with E-state index in [0.717, 1.165) is 70.6 Å². The molecule has 9 nitrogen and oxygen atoms in total. The van der Waals surface area contributed by atoms with Gasteiger partial charge in [-0.25, -0.2) is 4.57 Å². The maximum Gasteiger partial charge on any atom is 0.472 e. The molecule has 10 heteroatoms. The van der Waals surface area contributed by atoms with Crippen LogP contribution in [0.15, 0.2) is 72.9 Å². The van der Waals surface area contributed by atoms with Gasteiger partial charge in [-0.3, -0.25) is 13.8 Å². The molecular weight excluding hydrogens is 655 g/mol. The average Bonchev–Trinajstić information content (AvgIpc) is 3.10. The van der Waals surface area contributed by atoms with E-state index in [4.69, 9.17) is 23.6 Å². The van der Waals surface area contributed by atoms with Crippen LogP contribution in [-0.4, -0.2) is 66.3 Å². The largest absolute Gasteiger partial charge is 0.472 e. The number of phosphoric acid groups is 1. The first kappa shape index (κ1) is 47.9. The Morgan fingerprint density at radius 3 is 1.68 bits per heavy atom. The van der Waals surface area contributed by atoms with Crippen molar-refractivity contribution in [2.45, 2.75) is 142 Å². The molecule has 3 atom stereocenters. The molecule has 288 valence electrons. The average molecular weight is 725 g/mol. The van der Waals surface area contributed by atoms with Gasteiger partial charge in [0.05, 0.1) is 26.4 Å². The number of phosphoric ester groups is 1. The Balaban J connectivity index is 4.29. The van der Waals surface area contributed by atoms with E-state index >= 15 is 0 Å². The normalized spacial score (nSPS) is 15.1. The number of unbranched alkanes of at least 4 members (excludes halogenated alkanes) is 9. The van der Waals surface area contributed by atoms with Crippen LogP contribution in [-0.2, 0) is 27.9 Å². The molecule has 0 radical (unpaired) electrons. The molecule has 0 spiro atoms. The highest BCUT2D eigenvalue weighted by Gasteiger charge is 2.26. The fraction of sp³-hybridized carbons (Fsp3) is 0.675. The number of aliphatic hydroxyl groups excluding tert-OH is 2. The molecule has 0 aliphatic carbocycles. The van der Waals surface area contributed by atoms with Gasteiger partial charge >= 0.3 is 13.8 Å². The standard InChI is InChI=1S/C40H69O9P/c1-3-5-7-9-11-13-14-15-16-17-18-19-20-21-22-23-24-25-26-28-30-32-40(43)49-39(37-48-50(44,45)47-35-38(42)34-41)36-46-33-31-29-27-12-10-8-6-4-2/h5,7,11,13,15-16,18-19,21-22,24-25,38-39,41-42H,3-4,6,8-10,12,14,17,20,23,26-37H2,1-2H3,(H,44,45)/b7-5-,13-11-,16-15-,19-18-,22-21-,25-24-. The number of allylic oxidation sites excluding steroid dienone is 12. The topological polar surface area (TPSA) is 132 Å². The first-order chi connectivity index (χ1) is 24.3. The first-order valence-corrected chi connectivity index (χ1v) is 20.4. The van der Waals surface area contributed by atoms with Crippen LogP contribution in [0.2, 0.25) is 0 Å². The van der Waals surface area contributed by atoms with Crippen molar-refractivity contribution >= 4 is 13.8 Å². The Hall–Kier alpha value is -2.10. The Bertz CT molecular complexity index is 1000. The molecule has 0 bridgehead atoms. The van der Waals surface area contributed by atoms with Gasteiger partial charge in [-0.05, 0) is 64.2 Å². The second-order valence-electron chi connectivity index (χ2n) is 12.2. The van der Waals surface area contributed by atoms with Crippen LogP contribution in [0.25, 0.3) is 0 Å². The molecule has 50 heavy (non-hydrogen) atoms. The maximum atomic E-state index is 12.5. The van der Waals surface area contributed by atoms with Gasteiger partial charge in [-0.1, -0.05) is 132 Å². The summed E-state index contributed by atoms with van der Waals surface area (Å²) in [5.74, 6) is -0.429. The summed E-state index contributed by atoms with van der Waals surface area (Å²) in [7, 11) is -4.52. The van der Waals surface area contributed by atoms with Gasteiger partial charge in [0.25, 0.3) is 0 Å². The number of rotatable bonds is 35. The molecule has 0 aromatic rings. The van der Waals surface area contributed by atoms with Crippen LogP contribution < -0.4 is 0 Å². The zero-order valence-corrected chi connectivity index (χ0v) is 32.0. The third-order valence-electron chi connectivity index (χ3n) is 7.41. The number of esters is 1. The van der Waals surface area contributed by atoms with Crippen molar-refractivity contribution in [1.82, 2.24) is 0 Å². The molecule has 0 heterocycles. The molecule has 0 rings (SSSR count). The van der Waals surface area contributed by atoms with E-state index in [1.807, 2.05) is 0 Å². The van der Waals surface area contributed by atoms with Gasteiger partial charge in [0.2, 0.25) is 0 Å². The Kier molecular flexibility index (Phi) is 35.1. The SMILES string of the molecule is CC/C=C\C/C=C\C/C=C\C/C=C\C/C=C\C/C=C\CCCCC(=O)OC(COCCCCCCCCCC)COP(=O)(O)OCC(O)CO. The molecule has 0 aliphatic heterocycles. The number of aliphatic hydroxyl groups is 2. The van der Waals surface area contributed by atoms with Crippen LogP contribution in [0.5, 0.6) is 0 Å². The van der Waals surface area contributed by atoms with E-state index in [0.29, 0.717) is 13.0 Å². The zero-order chi connectivity index (χ0) is 36.8. The molecule has 0 aromatic carbocycles. The molecule has 0 amide bonds. The lowest BCUT2D eigenvalue weighted by Gasteiger charge is -2.20. The molecular formula is C40H69O9P. The summed E-state index contributed by atoms with van der Waals surface area (Å²) in [6, 6.07) is 0. The number of hydrogen-bond donors (Lipinski definition) is 3. The van der Waals surface area contributed by atoms with E-state index in [-0.39, 0.29) is 13.0 Å². The smallest absolute Gasteiger partial charge is 0.457 e. The van der Waals surface area contributed by atoms with Crippen molar-refractivity contribution in [3.63, 3.8) is 0 Å². The maximum absolute atomic E-state index is 12.5. The Morgan fingerprint density at radius 1 is 0.640 bits per heavy atom. The lowest BCUT2D eigenvalue weighted by atomic mass is 10.1. The van der Waals surface area contributed by atoms with Gasteiger partial charge in [-0.2, -0.15) is 0 Å². The van der Waals surface area contributed by atoms with Crippen molar-refractivity contribution in [1.29, 1.82) is 0 Å². The van der Waals surface area contributed by atoms with Gasteiger partial charge in [0, 0.05) is 13.0 Å². The van der Waals surface area contributed by atoms with E-state index in [1.54, 1.807) is 0 Å². The van der Waals surface area contributed by atoms with Crippen LogP contribution >= 0.6 is 7.82 Å². The summed E-state index contributed by atoms with van der Waals surface area (Å²) < 4.78 is 33.1. The molecule has 0 aromatic heterocycles. The third-order valence-corrected chi connectivity index (χ3v) is 8.36. The quantitative estimate of drug-likeness (QED) is 0.0253. The molecule has 3 unspecified atom stereocenters. The minimum Gasteiger partial charge on any atom is -0.457 e. The fourth-order valence-electron chi connectivity index (χ4n) is 4.53. The summed E-state index contributed by atoms with van der Waals surface area (Å²) in [6.07, 6.45) is 41.6. The van der Waals surface area contributed by atoms with Crippen molar-refractivity contribution in [2.75, 3.05) is 33.0 Å². The van der Waals surface area contributed by atoms with Crippen molar-refractivity contribution in [3.8, 4) is 0 Å². The lowest BCUT2D eigenvalue weighted by Crippen LogP contribution is -2.29. The predicted molar refractivity (Wildman–Crippen MR) is 205 cm³/mol. The number of carbonyl (C=O) groups excluding carboxylic acids is 1.